The highest BCUT2D eigenvalue weighted by atomic mass is 32.2. The zero-order chi connectivity index (χ0) is 30.5. The second kappa shape index (κ2) is 8.44. The number of thiophene rings is 2. The van der Waals surface area contributed by atoms with E-state index < -0.39 is 38.4 Å². The number of aryl methyl sites for hydroxylation is 2. The van der Waals surface area contributed by atoms with E-state index >= 15 is 26.3 Å². The predicted molar refractivity (Wildman–Crippen MR) is 170 cm³/mol. The summed E-state index contributed by atoms with van der Waals surface area (Å²) in [5, 5.41) is 1.84. The van der Waals surface area contributed by atoms with E-state index in [9.17, 15) is 0 Å². The Morgan fingerprint density at radius 3 is 1.33 bits per heavy atom. The lowest BCUT2D eigenvalue weighted by Crippen LogP contribution is -2.48. The molecular weight excluding hydrogens is 639 g/mol. The van der Waals surface area contributed by atoms with Crippen molar-refractivity contribution in [2.45, 2.75) is 55.0 Å². The minimum absolute atomic E-state index is 0.140. The molecule has 0 amide bonds. The van der Waals surface area contributed by atoms with E-state index in [0.29, 0.717) is 9.81 Å². The molecule has 2 aliphatic heterocycles. The highest BCUT2D eigenvalue weighted by Crippen LogP contribution is 2.75. The van der Waals surface area contributed by atoms with Crippen LogP contribution in [0.4, 0.5) is 26.3 Å². The van der Waals surface area contributed by atoms with Crippen molar-refractivity contribution in [1.29, 1.82) is 0 Å². The molecule has 1 saturated carbocycles. The van der Waals surface area contributed by atoms with Gasteiger partial charge in [0.25, 0.3) is 0 Å². The molecule has 2 atom stereocenters. The van der Waals surface area contributed by atoms with Gasteiger partial charge in [-0.05, 0) is 63.1 Å². The Bertz CT molecular complexity index is 1930. The second-order valence-corrected chi connectivity index (χ2v) is 17.1. The maximum atomic E-state index is 15.8. The van der Waals surface area contributed by atoms with Gasteiger partial charge in [-0.3, -0.25) is 0 Å². The van der Waals surface area contributed by atoms with E-state index in [0.717, 1.165) is 41.1 Å². The van der Waals surface area contributed by atoms with Crippen molar-refractivity contribution >= 4 is 76.2 Å². The summed E-state index contributed by atoms with van der Waals surface area (Å²) in [4.78, 5) is 3.14. The summed E-state index contributed by atoms with van der Waals surface area (Å²) in [6, 6.07) is 15.4. The number of hydrogen-bond acceptors (Lipinski definition) is 4. The Morgan fingerprint density at radius 2 is 0.930 bits per heavy atom. The number of fused-ring (bicyclic) bond motifs is 6. The number of alkyl halides is 6. The Kier molecular flexibility index (Phi) is 5.52. The fourth-order valence-electron chi connectivity index (χ4n) is 7.10. The summed E-state index contributed by atoms with van der Waals surface area (Å²) in [5.74, 6) is -15.7. The average molecular weight is 661 g/mol. The van der Waals surface area contributed by atoms with Gasteiger partial charge in [0.1, 0.15) is 0 Å². The SMILES string of the molecule is Cc1sc2ccccc2c1C1=CC2=C3C(=C4C=C(c5c(C)sc6ccccc56)S[C@@]4(C)[C@]2(C)S1)C(F)(F)C(F)(F)C3(F)F. The highest BCUT2D eigenvalue weighted by Gasteiger charge is 2.84. The zero-order valence-corrected chi connectivity index (χ0v) is 26.4. The number of thioether (sulfide) groups is 2. The molecule has 2 aromatic carbocycles. The largest absolute Gasteiger partial charge is 0.380 e. The fourth-order valence-corrected chi connectivity index (χ4v) is 12.8. The summed E-state index contributed by atoms with van der Waals surface area (Å²) in [6.45, 7) is 7.36. The molecule has 2 aromatic heterocycles. The molecule has 8 rings (SSSR count). The Balaban J connectivity index is 1.43. The number of allylic oxidation sites excluding steroid dienone is 4. The van der Waals surface area contributed by atoms with Crippen molar-refractivity contribution in [3.05, 3.63) is 104 Å². The third kappa shape index (κ3) is 3.18. The van der Waals surface area contributed by atoms with E-state index in [1.165, 1.54) is 35.7 Å². The molecule has 10 heteroatoms. The topological polar surface area (TPSA) is 0 Å². The third-order valence-electron chi connectivity index (χ3n) is 9.36. The lowest BCUT2D eigenvalue weighted by Gasteiger charge is -2.47. The minimum Gasteiger partial charge on any atom is -0.194 e. The van der Waals surface area contributed by atoms with Crippen LogP contribution in [0, 0.1) is 13.8 Å². The van der Waals surface area contributed by atoms with Gasteiger partial charge in [-0.25, -0.2) is 0 Å². The van der Waals surface area contributed by atoms with Crippen molar-refractivity contribution in [2.24, 2.45) is 0 Å². The highest BCUT2D eigenvalue weighted by molar-refractivity contribution is 8.14. The molecule has 0 saturated heterocycles. The quantitative estimate of drug-likeness (QED) is 0.196. The van der Waals surface area contributed by atoms with Crippen LogP contribution < -0.4 is 0 Å². The van der Waals surface area contributed by atoms with Gasteiger partial charge in [-0.1, -0.05) is 36.4 Å². The van der Waals surface area contributed by atoms with Crippen LogP contribution in [0.1, 0.15) is 34.7 Å². The second-order valence-electron chi connectivity index (χ2n) is 11.6. The monoisotopic (exact) mass is 660 g/mol. The number of halogens is 6. The van der Waals surface area contributed by atoms with Crippen LogP contribution in [0.3, 0.4) is 0 Å². The molecule has 0 radical (unpaired) electrons. The smallest absolute Gasteiger partial charge is 0.194 e. The molecular formula is C33H22F6S4. The zero-order valence-electron chi connectivity index (χ0n) is 23.2. The summed E-state index contributed by atoms with van der Waals surface area (Å²) in [6.07, 6.45) is 2.97. The molecule has 220 valence electrons. The van der Waals surface area contributed by atoms with E-state index in [-0.39, 0.29) is 11.1 Å². The van der Waals surface area contributed by atoms with Crippen LogP contribution in [-0.2, 0) is 0 Å². The molecule has 1 fully saturated rings. The maximum Gasteiger partial charge on any atom is 0.380 e. The maximum absolute atomic E-state index is 15.8. The lowest BCUT2D eigenvalue weighted by atomic mass is 9.71. The molecule has 0 bridgehead atoms. The van der Waals surface area contributed by atoms with E-state index in [1.54, 1.807) is 36.5 Å². The van der Waals surface area contributed by atoms with E-state index in [4.69, 9.17) is 0 Å². The standard InChI is InChI=1S/C33H22F6S4/c1-15-25(17-9-5-7-11-21(17)40-15)23-13-19-27-28(32(36,37)33(38,39)31(27,34)35)20-14-24(43-30(20,4)29(19,3)42-23)26-16(2)41-22-12-8-6-10-18(22)26/h5-14H,1-4H3/t29-,30-/m1/s1. The average Bonchev–Trinajstić information content (AvgIpc) is 3.67. The lowest BCUT2D eigenvalue weighted by molar-refractivity contribution is -0.258. The van der Waals surface area contributed by atoms with Crippen LogP contribution in [0.2, 0.25) is 0 Å². The molecule has 2 aliphatic carbocycles. The van der Waals surface area contributed by atoms with Gasteiger partial charge >= 0.3 is 17.8 Å². The Morgan fingerprint density at radius 1 is 0.558 bits per heavy atom. The molecule has 0 unspecified atom stereocenters. The first-order chi connectivity index (χ1) is 20.1. The van der Waals surface area contributed by atoms with Crippen LogP contribution in [-0.4, -0.2) is 27.3 Å². The van der Waals surface area contributed by atoms with Gasteiger partial charge < -0.3 is 0 Å². The first-order valence-electron chi connectivity index (χ1n) is 13.6. The van der Waals surface area contributed by atoms with E-state index in [1.807, 2.05) is 62.4 Å². The molecule has 0 spiro atoms. The van der Waals surface area contributed by atoms with Gasteiger partial charge in [0.2, 0.25) is 0 Å². The first kappa shape index (κ1) is 28.1. The van der Waals surface area contributed by atoms with Gasteiger partial charge in [0.15, 0.2) is 0 Å². The van der Waals surface area contributed by atoms with Crippen molar-refractivity contribution in [1.82, 2.24) is 0 Å². The van der Waals surface area contributed by atoms with Crippen molar-refractivity contribution in [2.75, 3.05) is 0 Å². The number of hydrogen-bond donors (Lipinski definition) is 0. The van der Waals surface area contributed by atoms with Crippen molar-refractivity contribution in [3.8, 4) is 0 Å². The van der Waals surface area contributed by atoms with Gasteiger partial charge in [0.05, 0.1) is 9.49 Å². The summed E-state index contributed by atoms with van der Waals surface area (Å²) >= 11 is 5.74. The minimum atomic E-state index is -5.57. The Hall–Kier alpha value is -2.40. The van der Waals surface area contributed by atoms with Gasteiger partial charge in [0, 0.05) is 62.0 Å². The summed E-state index contributed by atoms with van der Waals surface area (Å²) in [5.41, 5.74) is -1.06. The number of benzene rings is 2. The molecule has 0 nitrogen and oxygen atoms in total. The molecule has 4 heterocycles. The predicted octanol–water partition coefficient (Wildman–Crippen LogP) is 11.7. The normalized spacial score (nSPS) is 28.4. The summed E-state index contributed by atoms with van der Waals surface area (Å²) < 4.78 is 93.2. The van der Waals surface area contributed by atoms with Crippen LogP contribution in [0.15, 0.2) is 83.0 Å². The van der Waals surface area contributed by atoms with Crippen LogP contribution in [0.5, 0.6) is 0 Å². The molecule has 43 heavy (non-hydrogen) atoms. The van der Waals surface area contributed by atoms with Crippen LogP contribution in [0.25, 0.3) is 30.0 Å². The molecule has 4 aliphatic rings. The molecule has 4 aromatic rings. The first-order valence-corrected chi connectivity index (χ1v) is 16.8. The number of rotatable bonds is 2. The molecule has 0 N–H and O–H groups in total. The van der Waals surface area contributed by atoms with Crippen LogP contribution >= 0.6 is 46.2 Å². The van der Waals surface area contributed by atoms with Gasteiger partial charge in [-0.2, -0.15) is 26.3 Å². The summed E-state index contributed by atoms with van der Waals surface area (Å²) in [7, 11) is 0. The Labute approximate surface area is 260 Å². The van der Waals surface area contributed by atoms with Crippen molar-refractivity contribution in [3.63, 3.8) is 0 Å². The van der Waals surface area contributed by atoms with E-state index in [2.05, 4.69) is 0 Å². The van der Waals surface area contributed by atoms with Crippen molar-refractivity contribution < 1.29 is 26.3 Å². The third-order valence-corrected chi connectivity index (χ3v) is 14.8. The van der Waals surface area contributed by atoms with Gasteiger partial charge in [-0.15, -0.1) is 46.2 Å². The fraction of sp³-hybridized carbons (Fsp3) is 0.273.